The molecule has 4 rings (SSSR count). The maximum Gasteiger partial charge on any atom is 0.410 e. The summed E-state index contributed by atoms with van der Waals surface area (Å²) in [4.78, 5) is 31.1. The summed E-state index contributed by atoms with van der Waals surface area (Å²) in [5.74, 6) is 0.196. The molecule has 3 aromatic rings. The van der Waals surface area contributed by atoms with Crippen molar-refractivity contribution in [1.82, 2.24) is 9.88 Å². The van der Waals surface area contributed by atoms with Crippen LogP contribution in [-0.4, -0.2) is 28.4 Å². The van der Waals surface area contributed by atoms with Gasteiger partial charge >= 0.3 is 6.09 Å². The van der Waals surface area contributed by atoms with Crippen LogP contribution in [0.3, 0.4) is 0 Å². The molecule has 3 aromatic heterocycles. The Morgan fingerprint density at radius 1 is 1.35 bits per heavy atom. The molecule has 0 aromatic carbocycles. The Bertz CT molecular complexity index is 1150. The molecular formula is C22H18N4O4S. The van der Waals surface area contributed by atoms with Gasteiger partial charge in [0.15, 0.2) is 0 Å². The lowest BCUT2D eigenvalue weighted by atomic mass is 10.0. The van der Waals surface area contributed by atoms with Gasteiger partial charge in [-0.15, -0.1) is 11.3 Å². The maximum atomic E-state index is 12.5. The summed E-state index contributed by atoms with van der Waals surface area (Å²) in [5, 5.41) is 12.8. The molecule has 2 amide bonds. The van der Waals surface area contributed by atoms with Crippen LogP contribution < -0.4 is 5.32 Å². The van der Waals surface area contributed by atoms with Crippen LogP contribution in [-0.2, 0) is 29.1 Å². The van der Waals surface area contributed by atoms with Gasteiger partial charge in [-0.1, -0.05) is 0 Å². The fourth-order valence-electron chi connectivity index (χ4n) is 3.18. The molecule has 1 aliphatic rings. The first kappa shape index (κ1) is 20.4. The fourth-order valence-corrected chi connectivity index (χ4v) is 4.40. The Hall–Kier alpha value is -3.90. The minimum atomic E-state index is -0.415. The van der Waals surface area contributed by atoms with Crippen molar-refractivity contribution >= 4 is 34.4 Å². The van der Waals surface area contributed by atoms with Gasteiger partial charge in [-0.05, 0) is 47.9 Å². The van der Waals surface area contributed by atoms with Crippen molar-refractivity contribution in [3.8, 4) is 6.07 Å². The number of fused-ring (bicyclic) bond motifs is 1. The van der Waals surface area contributed by atoms with Crippen LogP contribution in [0.2, 0.25) is 0 Å². The van der Waals surface area contributed by atoms with E-state index in [0.29, 0.717) is 35.8 Å². The Kier molecular flexibility index (Phi) is 6.10. The van der Waals surface area contributed by atoms with Crippen molar-refractivity contribution in [1.29, 1.82) is 5.26 Å². The standard InChI is InChI=1S/C22H18N4O4S/c23-12-18-17-7-10-26(22(28)30-14-15-5-8-24-9-6-15)13-19(17)31-21(18)25-20(27)4-3-16-2-1-11-29-16/h1-6,8-9,11H,7,10,13-14H2,(H,25,27). The highest BCUT2D eigenvalue weighted by molar-refractivity contribution is 7.16. The van der Waals surface area contributed by atoms with Crippen LogP contribution in [0.25, 0.3) is 6.08 Å². The van der Waals surface area contributed by atoms with Crippen molar-refractivity contribution in [2.75, 3.05) is 11.9 Å². The third-order valence-electron chi connectivity index (χ3n) is 4.72. The van der Waals surface area contributed by atoms with Crippen molar-refractivity contribution in [2.24, 2.45) is 0 Å². The van der Waals surface area contributed by atoms with Crippen molar-refractivity contribution in [2.45, 2.75) is 19.6 Å². The van der Waals surface area contributed by atoms with Gasteiger partial charge in [0.05, 0.1) is 18.4 Å². The number of pyridine rings is 1. The quantitative estimate of drug-likeness (QED) is 0.609. The molecule has 156 valence electrons. The molecule has 8 nitrogen and oxygen atoms in total. The highest BCUT2D eigenvalue weighted by Crippen LogP contribution is 2.36. The monoisotopic (exact) mass is 434 g/mol. The third kappa shape index (κ3) is 4.82. The number of furan rings is 1. The van der Waals surface area contributed by atoms with Gasteiger partial charge in [-0.25, -0.2) is 4.79 Å². The molecule has 0 spiro atoms. The molecule has 4 heterocycles. The second-order valence-electron chi connectivity index (χ2n) is 6.74. The molecule has 1 aliphatic heterocycles. The summed E-state index contributed by atoms with van der Waals surface area (Å²) >= 11 is 1.30. The Morgan fingerprint density at radius 3 is 2.94 bits per heavy atom. The Morgan fingerprint density at radius 2 is 2.19 bits per heavy atom. The van der Waals surface area contributed by atoms with Crippen molar-refractivity contribution < 1.29 is 18.7 Å². The van der Waals surface area contributed by atoms with Gasteiger partial charge in [0.1, 0.15) is 23.4 Å². The number of nitrogens with one attached hydrogen (secondary N) is 1. The van der Waals surface area contributed by atoms with Crippen molar-refractivity contribution in [3.63, 3.8) is 0 Å². The molecule has 0 saturated heterocycles. The molecule has 0 saturated carbocycles. The van der Waals surface area contributed by atoms with Crippen LogP contribution in [0.15, 0.2) is 53.4 Å². The van der Waals surface area contributed by atoms with E-state index in [0.717, 1.165) is 16.0 Å². The van der Waals surface area contributed by atoms with Gasteiger partial charge in [-0.3, -0.25) is 9.78 Å². The van der Waals surface area contributed by atoms with Crippen LogP contribution in [0.5, 0.6) is 0 Å². The molecular weight excluding hydrogens is 416 g/mol. The summed E-state index contributed by atoms with van der Waals surface area (Å²) in [6.07, 6.45) is 7.82. The van der Waals surface area contributed by atoms with E-state index in [9.17, 15) is 14.9 Å². The van der Waals surface area contributed by atoms with Crippen LogP contribution >= 0.6 is 11.3 Å². The number of carbonyl (C=O) groups is 2. The number of nitrogens with zero attached hydrogens (tertiary/aromatic N) is 3. The zero-order valence-electron chi connectivity index (χ0n) is 16.4. The summed E-state index contributed by atoms with van der Waals surface area (Å²) in [5.41, 5.74) is 2.18. The molecule has 1 N–H and O–H groups in total. The summed E-state index contributed by atoms with van der Waals surface area (Å²) in [6.45, 7) is 0.948. The molecule has 9 heteroatoms. The Balaban J connectivity index is 1.41. The van der Waals surface area contributed by atoms with E-state index in [2.05, 4.69) is 16.4 Å². The minimum Gasteiger partial charge on any atom is -0.465 e. The summed E-state index contributed by atoms with van der Waals surface area (Å²) < 4.78 is 10.5. The number of hydrogen-bond acceptors (Lipinski definition) is 7. The number of anilines is 1. The number of ether oxygens (including phenoxy) is 1. The lowest BCUT2D eigenvalue weighted by molar-refractivity contribution is -0.111. The lowest BCUT2D eigenvalue weighted by Gasteiger charge is -2.26. The van der Waals surface area contributed by atoms with E-state index in [1.54, 1.807) is 47.6 Å². The van der Waals surface area contributed by atoms with Gasteiger partial charge in [0, 0.05) is 29.9 Å². The zero-order chi connectivity index (χ0) is 21.6. The molecule has 0 radical (unpaired) electrons. The molecule has 0 unspecified atom stereocenters. The van der Waals surface area contributed by atoms with Gasteiger partial charge in [0.2, 0.25) is 5.91 Å². The van der Waals surface area contributed by atoms with Gasteiger partial charge in [-0.2, -0.15) is 5.26 Å². The highest BCUT2D eigenvalue weighted by Gasteiger charge is 2.28. The average molecular weight is 434 g/mol. The fraction of sp³-hybridized carbons (Fsp3) is 0.182. The second kappa shape index (κ2) is 9.28. The SMILES string of the molecule is N#Cc1c(NC(=O)C=Cc2ccco2)sc2c1CCN(C(=O)OCc1ccncc1)C2. The number of amides is 2. The van der Waals surface area contributed by atoms with E-state index < -0.39 is 6.09 Å². The Labute approximate surface area is 182 Å². The van der Waals surface area contributed by atoms with Gasteiger partial charge < -0.3 is 19.4 Å². The van der Waals surface area contributed by atoms with E-state index in [4.69, 9.17) is 9.15 Å². The second-order valence-corrected chi connectivity index (χ2v) is 7.84. The topological polar surface area (TPSA) is 108 Å². The van der Waals surface area contributed by atoms with E-state index in [1.807, 2.05) is 0 Å². The lowest BCUT2D eigenvalue weighted by Crippen LogP contribution is -2.35. The smallest absolute Gasteiger partial charge is 0.410 e. The first-order valence-corrected chi connectivity index (χ1v) is 10.3. The summed E-state index contributed by atoms with van der Waals surface area (Å²) in [7, 11) is 0. The average Bonchev–Trinajstić information content (AvgIpc) is 3.43. The van der Waals surface area contributed by atoms with Crippen LogP contribution in [0.4, 0.5) is 9.80 Å². The number of rotatable bonds is 5. The van der Waals surface area contributed by atoms with E-state index >= 15 is 0 Å². The normalized spacial score (nSPS) is 12.9. The number of carbonyl (C=O) groups excluding carboxylic acids is 2. The molecule has 31 heavy (non-hydrogen) atoms. The van der Waals surface area contributed by atoms with Crippen molar-refractivity contribution in [3.05, 3.63) is 76.3 Å². The van der Waals surface area contributed by atoms with Crippen LogP contribution in [0, 0.1) is 11.3 Å². The highest BCUT2D eigenvalue weighted by atomic mass is 32.1. The molecule has 0 fully saturated rings. The predicted molar refractivity (Wildman–Crippen MR) is 114 cm³/mol. The largest absolute Gasteiger partial charge is 0.465 e. The van der Waals surface area contributed by atoms with E-state index in [-0.39, 0.29) is 12.5 Å². The molecule has 0 bridgehead atoms. The number of thiophene rings is 1. The number of hydrogen-bond donors (Lipinski definition) is 1. The van der Waals surface area contributed by atoms with Crippen LogP contribution in [0.1, 0.15) is 27.3 Å². The summed E-state index contributed by atoms with van der Waals surface area (Å²) in [6, 6.07) is 9.22. The number of aromatic nitrogens is 1. The minimum absolute atomic E-state index is 0.169. The van der Waals surface area contributed by atoms with E-state index in [1.165, 1.54) is 23.7 Å². The molecule has 0 aliphatic carbocycles. The third-order valence-corrected chi connectivity index (χ3v) is 5.85. The zero-order valence-corrected chi connectivity index (χ0v) is 17.2. The number of nitriles is 1. The first-order chi connectivity index (χ1) is 15.1. The van der Waals surface area contributed by atoms with Gasteiger partial charge in [0.25, 0.3) is 0 Å². The molecule has 0 atom stereocenters. The first-order valence-electron chi connectivity index (χ1n) is 9.52. The maximum absolute atomic E-state index is 12.5. The predicted octanol–water partition coefficient (Wildman–Crippen LogP) is 3.95.